The first-order valence-electron chi connectivity index (χ1n) is 13.6. The molecule has 2 aliphatic carbocycles. The first-order valence-corrected chi connectivity index (χ1v) is 16.1. The summed E-state index contributed by atoms with van der Waals surface area (Å²) in [6.07, 6.45) is 8.95. The zero-order valence-electron chi connectivity index (χ0n) is 25.5. The zero-order valence-corrected chi connectivity index (χ0v) is 31.1. The summed E-state index contributed by atoms with van der Waals surface area (Å²) in [5.41, 5.74) is 7.23. The van der Waals surface area contributed by atoms with Gasteiger partial charge in [-0.2, -0.15) is 102 Å². The molecule has 0 spiro atoms. The summed E-state index contributed by atoms with van der Waals surface area (Å²) >= 11 is 12.3. The predicted octanol–water partition coefficient (Wildman–Crippen LogP) is 11.8. The normalized spacial score (nSPS) is 13.2. The van der Waals surface area contributed by atoms with Gasteiger partial charge < -0.3 is 0 Å². The van der Waals surface area contributed by atoms with Crippen LogP contribution in [0.3, 0.4) is 0 Å². The van der Waals surface area contributed by atoms with Crippen molar-refractivity contribution in [2.45, 2.75) is 41.0 Å². The second-order valence-corrected chi connectivity index (χ2v) is 11.7. The number of rotatable bonds is 1. The molecule has 2 aliphatic rings. The number of hydrogen-bond donors (Lipinski definition) is 0. The van der Waals surface area contributed by atoms with Gasteiger partial charge in [-0.3, -0.25) is 6.08 Å². The van der Waals surface area contributed by atoms with Crippen LogP contribution in [0.25, 0.3) is 11.1 Å². The molecular formula is C38H40Cl4Zr-4. The first-order chi connectivity index (χ1) is 19.6. The monoisotopic (exact) mass is 726 g/mol. The maximum absolute atomic E-state index is 5.52. The van der Waals surface area contributed by atoms with Crippen molar-refractivity contribution in [3.63, 3.8) is 0 Å². The van der Waals surface area contributed by atoms with Gasteiger partial charge in [0.15, 0.2) is 0 Å². The molecule has 228 valence electrons. The molecule has 0 saturated heterocycles. The predicted molar refractivity (Wildman–Crippen MR) is 189 cm³/mol. The van der Waals surface area contributed by atoms with Gasteiger partial charge in [-0.05, 0) is 6.42 Å². The van der Waals surface area contributed by atoms with Crippen molar-refractivity contribution < 1.29 is 24.2 Å². The molecule has 4 aromatic rings. The maximum atomic E-state index is 5.52. The summed E-state index contributed by atoms with van der Waals surface area (Å²) in [5.74, 6) is 1.22. The van der Waals surface area contributed by atoms with Crippen LogP contribution in [0.15, 0.2) is 109 Å². The second-order valence-electron chi connectivity index (χ2n) is 10.8. The molecule has 1 unspecified atom stereocenters. The minimum absolute atomic E-state index is 0. The average Bonchev–Trinajstić information content (AvgIpc) is 3.62. The van der Waals surface area contributed by atoms with Crippen LogP contribution in [0.4, 0.5) is 0 Å². The Hall–Kier alpha value is -1.73. The van der Waals surface area contributed by atoms with E-state index in [1.807, 2.05) is 6.07 Å². The summed E-state index contributed by atoms with van der Waals surface area (Å²) in [4.78, 5) is 0. The van der Waals surface area contributed by atoms with Crippen LogP contribution in [0.2, 0.25) is 10.0 Å². The van der Waals surface area contributed by atoms with Crippen LogP contribution in [0.1, 0.15) is 45.7 Å². The van der Waals surface area contributed by atoms with E-state index in [2.05, 4.69) is 112 Å². The third-order valence-corrected chi connectivity index (χ3v) is 6.85. The molecule has 0 radical (unpaired) electrons. The summed E-state index contributed by atoms with van der Waals surface area (Å²) < 4.78 is 3.34. The molecule has 6 rings (SSSR count). The fourth-order valence-corrected chi connectivity index (χ4v) is 4.31. The van der Waals surface area contributed by atoms with E-state index in [-0.39, 0.29) is 30.2 Å². The third kappa shape index (κ3) is 14.7. The molecule has 5 heteroatoms. The second kappa shape index (κ2) is 21.9. The van der Waals surface area contributed by atoms with Gasteiger partial charge in [-0.1, -0.05) is 97.3 Å². The molecule has 0 nitrogen and oxygen atoms in total. The Labute approximate surface area is 297 Å². The smallest absolute Gasteiger partial charge is 0.0253 e. The van der Waals surface area contributed by atoms with E-state index < -0.39 is 0 Å². The molecular weight excluding hydrogens is 689 g/mol. The number of hydrogen-bond acceptors (Lipinski definition) is 0. The SMILES string of the molecule is CC(C)C1[C-]=CC(C(C)(C)C)=C1.Cl.Cl.Clc1cc[c-]cc1.Clc1cc[c-]cc1.[CH2]=[Zr].[c-]1cccc2c1Cc1ccccc1-2. The summed E-state index contributed by atoms with van der Waals surface area (Å²) in [5, 5.41) is 1.53. The molecule has 0 bridgehead atoms. The van der Waals surface area contributed by atoms with Crippen molar-refractivity contribution in [2.75, 3.05) is 0 Å². The number of benzene rings is 4. The molecule has 4 aromatic carbocycles. The molecule has 0 fully saturated rings. The van der Waals surface area contributed by atoms with Crippen molar-refractivity contribution in [1.82, 2.24) is 0 Å². The van der Waals surface area contributed by atoms with Gasteiger partial charge in [0, 0.05) is 0 Å². The topological polar surface area (TPSA) is 0 Å². The van der Waals surface area contributed by atoms with Crippen molar-refractivity contribution in [3.8, 4) is 11.1 Å². The van der Waals surface area contributed by atoms with E-state index in [4.69, 9.17) is 23.2 Å². The van der Waals surface area contributed by atoms with Crippen LogP contribution in [-0.2, 0) is 30.7 Å². The van der Waals surface area contributed by atoms with Crippen LogP contribution < -0.4 is 0 Å². The molecule has 0 N–H and O–H groups in total. The van der Waals surface area contributed by atoms with Gasteiger partial charge in [0.2, 0.25) is 0 Å². The Balaban J connectivity index is 0.000000546. The molecule has 0 saturated carbocycles. The van der Waals surface area contributed by atoms with Crippen LogP contribution in [0.5, 0.6) is 0 Å². The van der Waals surface area contributed by atoms with E-state index in [0.29, 0.717) is 11.8 Å². The van der Waals surface area contributed by atoms with E-state index in [1.54, 1.807) is 48.5 Å². The molecule has 0 aromatic heterocycles. The van der Waals surface area contributed by atoms with Crippen LogP contribution >= 0.6 is 48.0 Å². The van der Waals surface area contributed by atoms with Crippen molar-refractivity contribution in [1.29, 1.82) is 0 Å². The Morgan fingerprint density at radius 3 is 1.70 bits per heavy atom. The molecule has 0 aliphatic heterocycles. The van der Waals surface area contributed by atoms with Gasteiger partial charge in [0.1, 0.15) is 0 Å². The Kier molecular flexibility index (Phi) is 21.0. The van der Waals surface area contributed by atoms with Crippen LogP contribution in [0, 0.1) is 41.5 Å². The Morgan fingerprint density at radius 2 is 1.28 bits per heavy atom. The standard InChI is InChI=1S/C13H9.C12H19.2C6H4Cl.CH2.2ClH.Zr/c1-3-7-12-10(5-1)9-11-6-2-4-8-13(11)12;1-9(2)10-6-7-11(8-10)12(3,4)5;2*7-6-4-2-1-3-5-6;;;;/h1-5,7-8H,9H2;7-10H,1-5H3;2*2-5H;1H2;2*1H;/q4*-1;;;;. The molecule has 43 heavy (non-hydrogen) atoms. The van der Waals surface area contributed by atoms with Gasteiger partial charge in [-0.15, -0.1) is 53.6 Å². The van der Waals surface area contributed by atoms with E-state index in [1.165, 1.54) is 52.1 Å². The first kappa shape index (κ1) is 41.3. The van der Waals surface area contributed by atoms with Crippen molar-refractivity contribution >= 4 is 52.2 Å². The van der Waals surface area contributed by atoms with Gasteiger partial charge in [0.25, 0.3) is 0 Å². The average molecular weight is 730 g/mol. The van der Waals surface area contributed by atoms with Crippen molar-refractivity contribution in [2.24, 2.45) is 17.3 Å². The Morgan fingerprint density at radius 1 is 0.767 bits per heavy atom. The maximum Gasteiger partial charge on any atom is -0.0253 e. The molecule has 1 atom stereocenters. The van der Waals surface area contributed by atoms with Gasteiger partial charge >= 0.3 is 28.4 Å². The van der Waals surface area contributed by atoms with E-state index in [9.17, 15) is 0 Å². The quantitative estimate of drug-likeness (QED) is 0.151. The summed E-state index contributed by atoms with van der Waals surface area (Å²) in [6, 6.07) is 38.1. The Bertz CT molecular complexity index is 1290. The van der Waals surface area contributed by atoms with Crippen LogP contribution in [-0.4, -0.2) is 4.21 Å². The minimum atomic E-state index is 0. The zero-order chi connectivity index (χ0) is 30.3. The van der Waals surface area contributed by atoms with Gasteiger partial charge in [-0.25, -0.2) is 6.08 Å². The third-order valence-electron chi connectivity index (χ3n) is 6.35. The fourth-order valence-electron chi connectivity index (χ4n) is 4.06. The summed E-state index contributed by atoms with van der Waals surface area (Å²) in [7, 11) is 0. The summed E-state index contributed by atoms with van der Waals surface area (Å²) in [6.45, 7) is 11.2. The molecule has 0 amide bonds. The number of fused-ring (bicyclic) bond motifs is 3. The molecule has 0 heterocycles. The number of allylic oxidation sites excluding steroid dienone is 4. The minimum Gasteiger partial charge on any atom is -0.179 e. The fraction of sp³-hybridized carbons (Fsp3) is 0.237. The van der Waals surface area contributed by atoms with Crippen molar-refractivity contribution in [3.05, 3.63) is 154 Å². The van der Waals surface area contributed by atoms with E-state index >= 15 is 0 Å². The van der Waals surface area contributed by atoms with E-state index in [0.717, 1.165) is 16.5 Å². The number of halogens is 4. The van der Waals surface area contributed by atoms with Gasteiger partial charge in [0.05, 0.1) is 0 Å². The largest absolute Gasteiger partial charge is 0.179 e.